The number of rotatable bonds is 5. The van der Waals surface area contributed by atoms with E-state index >= 15 is 0 Å². The van der Waals surface area contributed by atoms with Gasteiger partial charge in [-0.25, -0.2) is 0 Å². The maximum atomic E-state index is 12.4. The molecule has 0 radical (unpaired) electrons. The Morgan fingerprint density at radius 2 is 2.17 bits per heavy atom. The number of tetrazole rings is 1. The minimum atomic E-state index is -0.0655. The summed E-state index contributed by atoms with van der Waals surface area (Å²) < 4.78 is 1.51. The minimum absolute atomic E-state index is 0.0655. The van der Waals surface area contributed by atoms with Crippen molar-refractivity contribution in [1.82, 2.24) is 25.5 Å². The van der Waals surface area contributed by atoms with Gasteiger partial charge in [0.2, 0.25) is 0 Å². The highest BCUT2D eigenvalue weighted by atomic mass is 32.1. The summed E-state index contributed by atoms with van der Waals surface area (Å²) in [5, 5.41) is 16.0. The number of nitrogens with one attached hydrogen (secondary N) is 1. The van der Waals surface area contributed by atoms with Crippen LogP contribution in [-0.2, 0) is 0 Å². The first kappa shape index (κ1) is 14.1. The zero-order valence-electron chi connectivity index (χ0n) is 12.3. The maximum absolute atomic E-state index is 12.4. The topological polar surface area (TPSA) is 72.7 Å². The van der Waals surface area contributed by atoms with Crippen LogP contribution < -0.4 is 5.32 Å². The van der Waals surface area contributed by atoms with E-state index in [-0.39, 0.29) is 5.91 Å². The van der Waals surface area contributed by atoms with Gasteiger partial charge in [-0.3, -0.25) is 4.79 Å². The van der Waals surface area contributed by atoms with Crippen molar-refractivity contribution in [3.05, 3.63) is 58.5 Å². The number of amides is 1. The lowest BCUT2D eigenvalue weighted by molar-refractivity contribution is 0.0955. The number of hydrogen-bond acceptors (Lipinski definition) is 5. The molecule has 1 aromatic carbocycles. The van der Waals surface area contributed by atoms with Gasteiger partial charge in [-0.1, -0.05) is 30.3 Å². The second kappa shape index (κ2) is 5.92. The van der Waals surface area contributed by atoms with E-state index in [1.165, 1.54) is 27.9 Å². The average Bonchev–Trinajstić information content (AvgIpc) is 2.99. The van der Waals surface area contributed by atoms with Crippen LogP contribution in [0.4, 0.5) is 0 Å². The molecule has 3 aromatic rings. The van der Waals surface area contributed by atoms with Gasteiger partial charge >= 0.3 is 0 Å². The highest BCUT2D eigenvalue weighted by molar-refractivity contribution is 7.12. The van der Waals surface area contributed by atoms with Crippen LogP contribution in [0.1, 0.15) is 27.6 Å². The summed E-state index contributed by atoms with van der Waals surface area (Å²) in [5.41, 5.74) is 2.07. The molecule has 116 valence electrons. The van der Waals surface area contributed by atoms with Crippen LogP contribution in [0.15, 0.2) is 48.1 Å². The Morgan fingerprint density at radius 1 is 1.30 bits per heavy atom. The smallest absolute Gasteiger partial charge is 0.263 e. The Balaban J connectivity index is 1.38. The third kappa shape index (κ3) is 2.87. The minimum Gasteiger partial charge on any atom is -0.351 e. The van der Waals surface area contributed by atoms with E-state index in [1.54, 1.807) is 0 Å². The van der Waals surface area contributed by atoms with Crippen molar-refractivity contribution in [1.29, 1.82) is 0 Å². The predicted molar refractivity (Wildman–Crippen MR) is 86.7 cm³/mol. The highest BCUT2D eigenvalue weighted by Gasteiger charge is 2.38. The van der Waals surface area contributed by atoms with Crippen LogP contribution in [-0.4, -0.2) is 32.7 Å². The lowest BCUT2D eigenvalue weighted by atomic mass is 10.1. The third-order valence-corrected chi connectivity index (χ3v) is 5.02. The molecule has 2 atom stereocenters. The van der Waals surface area contributed by atoms with E-state index in [4.69, 9.17) is 0 Å². The Bertz CT molecular complexity index is 799. The Morgan fingerprint density at radius 3 is 2.96 bits per heavy atom. The molecule has 0 spiro atoms. The molecule has 4 rings (SSSR count). The van der Waals surface area contributed by atoms with E-state index in [9.17, 15) is 4.79 Å². The van der Waals surface area contributed by atoms with E-state index in [2.05, 4.69) is 45.1 Å². The summed E-state index contributed by atoms with van der Waals surface area (Å²) in [6.45, 7) is 0.700. The average molecular weight is 325 g/mol. The summed E-state index contributed by atoms with van der Waals surface area (Å²) in [7, 11) is 0. The normalized spacial score (nSPS) is 19.5. The zero-order chi connectivity index (χ0) is 15.6. The number of benzene rings is 1. The molecule has 1 amide bonds. The molecule has 0 bridgehead atoms. The first-order valence-corrected chi connectivity index (χ1v) is 8.35. The van der Waals surface area contributed by atoms with Crippen molar-refractivity contribution >= 4 is 17.2 Å². The molecule has 1 N–H and O–H groups in total. The SMILES string of the molecule is O=C(NC[C@@H]1C[C@@H]1c1ccccc1)c1sccc1-n1cnnn1. The van der Waals surface area contributed by atoms with Gasteiger partial charge in [-0.15, -0.1) is 16.4 Å². The molecular formula is C16H15N5OS. The van der Waals surface area contributed by atoms with Gasteiger partial charge in [0, 0.05) is 6.54 Å². The Kier molecular flexibility index (Phi) is 3.63. The molecule has 2 aromatic heterocycles. The van der Waals surface area contributed by atoms with Gasteiger partial charge in [0.05, 0.1) is 5.69 Å². The van der Waals surface area contributed by atoms with E-state index in [0.717, 1.165) is 6.42 Å². The number of carbonyl (C=O) groups is 1. The summed E-state index contributed by atoms with van der Waals surface area (Å²) >= 11 is 1.40. The monoisotopic (exact) mass is 325 g/mol. The predicted octanol–water partition coefficient (Wildman–Crippen LogP) is 2.26. The van der Waals surface area contributed by atoms with Gasteiger partial charge in [-0.2, -0.15) is 4.68 Å². The molecule has 0 unspecified atom stereocenters. The number of carbonyl (C=O) groups excluding carboxylic acids is 1. The lowest BCUT2D eigenvalue weighted by Gasteiger charge is -2.05. The molecule has 6 nitrogen and oxygen atoms in total. The lowest BCUT2D eigenvalue weighted by Crippen LogP contribution is -2.26. The first-order valence-electron chi connectivity index (χ1n) is 7.47. The van der Waals surface area contributed by atoms with Crippen LogP contribution >= 0.6 is 11.3 Å². The zero-order valence-corrected chi connectivity index (χ0v) is 13.1. The van der Waals surface area contributed by atoms with E-state index < -0.39 is 0 Å². The molecule has 1 aliphatic rings. The second-order valence-corrected chi connectivity index (χ2v) is 6.53. The molecule has 1 fully saturated rings. The van der Waals surface area contributed by atoms with Crippen LogP contribution in [0.3, 0.4) is 0 Å². The molecule has 0 aliphatic heterocycles. The molecule has 7 heteroatoms. The Hall–Kier alpha value is -2.54. The number of aromatic nitrogens is 4. The summed E-state index contributed by atoms with van der Waals surface area (Å²) in [6.07, 6.45) is 2.62. The quantitative estimate of drug-likeness (QED) is 0.781. The van der Waals surface area contributed by atoms with E-state index in [1.807, 2.05) is 17.5 Å². The number of thiophene rings is 1. The van der Waals surface area contributed by atoms with E-state index in [0.29, 0.717) is 28.9 Å². The fourth-order valence-electron chi connectivity index (χ4n) is 2.81. The fourth-order valence-corrected chi connectivity index (χ4v) is 3.60. The highest BCUT2D eigenvalue weighted by Crippen LogP contribution is 2.46. The summed E-state index contributed by atoms with van der Waals surface area (Å²) in [6, 6.07) is 12.3. The molecule has 1 saturated carbocycles. The van der Waals surface area contributed by atoms with Crippen LogP contribution in [0.5, 0.6) is 0 Å². The van der Waals surface area contributed by atoms with Crippen LogP contribution in [0, 0.1) is 5.92 Å². The van der Waals surface area contributed by atoms with Crippen molar-refractivity contribution < 1.29 is 4.79 Å². The first-order chi connectivity index (χ1) is 11.3. The Labute approximate surface area is 137 Å². The third-order valence-electron chi connectivity index (χ3n) is 4.12. The maximum Gasteiger partial charge on any atom is 0.263 e. The van der Waals surface area contributed by atoms with Crippen molar-refractivity contribution in [3.63, 3.8) is 0 Å². The summed E-state index contributed by atoms with van der Waals surface area (Å²) in [4.78, 5) is 13.0. The van der Waals surface area contributed by atoms with Crippen molar-refractivity contribution in [2.75, 3.05) is 6.54 Å². The van der Waals surface area contributed by atoms with Crippen molar-refractivity contribution in [2.45, 2.75) is 12.3 Å². The van der Waals surface area contributed by atoms with Crippen LogP contribution in [0.25, 0.3) is 5.69 Å². The van der Waals surface area contributed by atoms with Gasteiger partial charge in [-0.05, 0) is 45.7 Å². The number of hydrogen-bond donors (Lipinski definition) is 1. The van der Waals surface area contributed by atoms with Gasteiger partial charge in [0.1, 0.15) is 11.2 Å². The molecule has 1 aliphatic carbocycles. The number of nitrogens with zero attached hydrogens (tertiary/aromatic N) is 4. The molecular weight excluding hydrogens is 310 g/mol. The second-order valence-electron chi connectivity index (χ2n) is 5.61. The van der Waals surface area contributed by atoms with Gasteiger partial charge in [0.15, 0.2) is 0 Å². The van der Waals surface area contributed by atoms with Gasteiger partial charge < -0.3 is 5.32 Å². The van der Waals surface area contributed by atoms with Crippen molar-refractivity contribution in [2.24, 2.45) is 5.92 Å². The standard InChI is InChI=1S/C16H15N5OS/c22-16(15-14(6-7-23-15)21-10-18-19-20-21)17-9-12-8-13(12)11-4-2-1-3-5-11/h1-7,10,12-13H,8-9H2,(H,17,22)/t12-,13+/m0/s1. The fraction of sp³-hybridized carbons (Fsp3) is 0.250. The molecule has 23 heavy (non-hydrogen) atoms. The molecule has 0 saturated heterocycles. The van der Waals surface area contributed by atoms with Gasteiger partial charge in [0.25, 0.3) is 5.91 Å². The summed E-state index contributed by atoms with van der Waals surface area (Å²) in [5.74, 6) is 1.03. The molecule has 2 heterocycles. The largest absolute Gasteiger partial charge is 0.351 e. The van der Waals surface area contributed by atoms with Crippen molar-refractivity contribution in [3.8, 4) is 5.69 Å². The van der Waals surface area contributed by atoms with Crippen LogP contribution in [0.2, 0.25) is 0 Å².